The molecule has 0 atom stereocenters. The van der Waals surface area contributed by atoms with Crippen molar-refractivity contribution < 1.29 is 24.2 Å². The number of aromatic nitrogens is 1. The molecular formula is C14H12N2O5. The molecule has 1 aromatic heterocycles. The Hall–Kier alpha value is -3.09. The second-order valence-corrected chi connectivity index (χ2v) is 4.01. The molecule has 1 heterocycles. The van der Waals surface area contributed by atoms with Crippen LogP contribution in [0.15, 0.2) is 36.5 Å². The van der Waals surface area contributed by atoms with Crippen molar-refractivity contribution in [1.29, 1.82) is 0 Å². The Kier molecular flexibility index (Phi) is 4.03. The van der Waals surface area contributed by atoms with Gasteiger partial charge in [0.05, 0.1) is 7.11 Å². The molecule has 0 aliphatic carbocycles. The quantitative estimate of drug-likeness (QED) is 0.865. The Balaban J connectivity index is 2.33. The van der Waals surface area contributed by atoms with E-state index in [1.807, 2.05) is 0 Å². The highest BCUT2D eigenvalue weighted by atomic mass is 16.5. The summed E-state index contributed by atoms with van der Waals surface area (Å²) in [4.78, 5) is 25.7. The van der Waals surface area contributed by atoms with Crippen molar-refractivity contribution in [1.82, 2.24) is 4.98 Å². The van der Waals surface area contributed by atoms with Crippen LogP contribution in [0.4, 0.5) is 0 Å². The maximum Gasteiger partial charge on any atom is 0.354 e. The van der Waals surface area contributed by atoms with E-state index in [0.29, 0.717) is 11.5 Å². The molecule has 108 valence electrons. The summed E-state index contributed by atoms with van der Waals surface area (Å²) in [5.41, 5.74) is 5.32. The van der Waals surface area contributed by atoms with E-state index >= 15 is 0 Å². The van der Waals surface area contributed by atoms with E-state index in [0.717, 1.165) is 0 Å². The van der Waals surface area contributed by atoms with Gasteiger partial charge >= 0.3 is 5.97 Å². The molecule has 1 aromatic carbocycles. The summed E-state index contributed by atoms with van der Waals surface area (Å²) in [7, 11) is 1.42. The van der Waals surface area contributed by atoms with Gasteiger partial charge in [-0.15, -0.1) is 0 Å². The van der Waals surface area contributed by atoms with Crippen molar-refractivity contribution >= 4 is 11.9 Å². The predicted molar refractivity (Wildman–Crippen MR) is 72.8 cm³/mol. The molecule has 0 unspecified atom stereocenters. The molecule has 21 heavy (non-hydrogen) atoms. The largest absolute Gasteiger partial charge is 0.493 e. The molecule has 0 aliphatic rings. The van der Waals surface area contributed by atoms with Crippen LogP contribution in [0.5, 0.6) is 17.2 Å². The topological polar surface area (TPSA) is 112 Å². The van der Waals surface area contributed by atoms with Crippen LogP contribution in [0.2, 0.25) is 0 Å². The zero-order chi connectivity index (χ0) is 15.4. The van der Waals surface area contributed by atoms with E-state index in [1.165, 1.54) is 43.6 Å². The van der Waals surface area contributed by atoms with Gasteiger partial charge in [0.15, 0.2) is 17.2 Å². The Morgan fingerprint density at radius 2 is 1.95 bits per heavy atom. The lowest BCUT2D eigenvalue weighted by atomic mass is 10.2. The molecule has 0 saturated heterocycles. The first-order valence-electron chi connectivity index (χ1n) is 5.86. The number of rotatable bonds is 5. The van der Waals surface area contributed by atoms with Crippen molar-refractivity contribution in [2.24, 2.45) is 5.73 Å². The lowest BCUT2D eigenvalue weighted by Crippen LogP contribution is -2.10. The van der Waals surface area contributed by atoms with E-state index in [9.17, 15) is 9.59 Å². The van der Waals surface area contributed by atoms with Crippen molar-refractivity contribution in [3.05, 3.63) is 47.8 Å². The molecule has 0 aliphatic heterocycles. The lowest BCUT2D eigenvalue weighted by molar-refractivity contribution is 0.0690. The normalized spacial score (nSPS) is 9.95. The number of carboxylic acids is 1. The summed E-state index contributed by atoms with van der Waals surface area (Å²) in [6.45, 7) is 0. The smallest absolute Gasteiger partial charge is 0.354 e. The molecule has 7 nitrogen and oxygen atoms in total. The van der Waals surface area contributed by atoms with Crippen LogP contribution >= 0.6 is 0 Å². The SMILES string of the molecule is COc1cc(C(N)=O)ccc1Oc1ccnc(C(=O)O)c1. The van der Waals surface area contributed by atoms with Gasteiger partial charge in [-0.3, -0.25) is 4.79 Å². The third-order valence-electron chi connectivity index (χ3n) is 2.63. The van der Waals surface area contributed by atoms with Gasteiger partial charge in [0.25, 0.3) is 0 Å². The molecule has 2 rings (SSSR count). The number of primary amides is 1. The standard InChI is InChI=1S/C14H12N2O5/c1-20-12-6-8(13(15)17)2-3-11(12)21-9-4-5-16-10(7-9)14(18)19/h2-7H,1H3,(H2,15,17)(H,18,19). The Labute approximate surface area is 119 Å². The molecule has 0 radical (unpaired) electrons. The zero-order valence-electron chi connectivity index (χ0n) is 11.1. The second kappa shape index (κ2) is 5.91. The number of aromatic carboxylic acids is 1. The molecule has 1 amide bonds. The maximum absolute atomic E-state index is 11.1. The average molecular weight is 288 g/mol. The van der Waals surface area contributed by atoms with Gasteiger partial charge < -0.3 is 20.3 Å². The minimum absolute atomic E-state index is 0.139. The summed E-state index contributed by atoms with van der Waals surface area (Å²) in [5.74, 6) is -0.828. The van der Waals surface area contributed by atoms with Gasteiger partial charge in [0.1, 0.15) is 5.75 Å². The zero-order valence-corrected chi connectivity index (χ0v) is 11.1. The fourth-order valence-corrected chi connectivity index (χ4v) is 1.62. The number of carboxylic acid groups (broad SMARTS) is 1. The minimum atomic E-state index is -1.16. The second-order valence-electron chi connectivity index (χ2n) is 4.01. The van der Waals surface area contributed by atoms with Crippen LogP contribution in [0.3, 0.4) is 0 Å². The summed E-state index contributed by atoms with van der Waals surface area (Å²) in [5, 5.41) is 8.88. The summed E-state index contributed by atoms with van der Waals surface area (Å²) in [6, 6.07) is 7.23. The number of benzene rings is 1. The average Bonchev–Trinajstić information content (AvgIpc) is 2.47. The van der Waals surface area contributed by atoms with Gasteiger partial charge in [-0.2, -0.15) is 0 Å². The number of hydrogen-bond acceptors (Lipinski definition) is 5. The number of carbonyl (C=O) groups is 2. The molecule has 0 bridgehead atoms. The first-order chi connectivity index (χ1) is 10.0. The molecule has 0 saturated carbocycles. The van der Waals surface area contributed by atoms with Crippen LogP contribution in [0.1, 0.15) is 20.8 Å². The fraction of sp³-hybridized carbons (Fsp3) is 0.0714. The number of amides is 1. The van der Waals surface area contributed by atoms with E-state index in [2.05, 4.69) is 4.98 Å². The molecule has 0 fully saturated rings. The number of nitrogens with zero attached hydrogens (tertiary/aromatic N) is 1. The number of pyridine rings is 1. The first-order valence-corrected chi connectivity index (χ1v) is 5.86. The van der Waals surface area contributed by atoms with Crippen molar-refractivity contribution in [2.45, 2.75) is 0 Å². The Morgan fingerprint density at radius 3 is 2.57 bits per heavy atom. The van der Waals surface area contributed by atoms with Crippen LogP contribution in [0.25, 0.3) is 0 Å². The number of nitrogens with two attached hydrogens (primary N) is 1. The number of ether oxygens (including phenoxy) is 2. The minimum Gasteiger partial charge on any atom is -0.493 e. The highest BCUT2D eigenvalue weighted by Gasteiger charge is 2.11. The maximum atomic E-state index is 11.1. The van der Waals surface area contributed by atoms with Crippen molar-refractivity contribution in [2.75, 3.05) is 7.11 Å². The van der Waals surface area contributed by atoms with Crippen LogP contribution < -0.4 is 15.2 Å². The highest BCUT2D eigenvalue weighted by molar-refractivity contribution is 5.93. The molecule has 0 spiro atoms. The first kappa shape index (κ1) is 14.3. The fourth-order valence-electron chi connectivity index (χ4n) is 1.62. The molecular weight excluding hydrogens is 276 g/mol. The Morgan fingerprint density at radius 1 is 1.19 bits per heavy atom. The van der Waals surface area contributed by atoms with Crippen molar-refractivity contribution in [3.63, 3.8) is 0 Å². The van der Waals surface area contributed by atoms with Gasteiger partial charge in [-0.1, -0.05) is 0 Å². The van der Waals surface area contributed by atoms with E-state index in [4.69, 9.17) is 20.3 Å². The van der Waals surface area contributed by atoms with E-state index in [1.54, 1.807) is 0 Å². The van der Waals surface area contributed by atoms with Gasteiger partial charge in [0, 0.05) is 17.8 Å². The molecule has 3 N–H and O–H groups in total. The number of methoxy groups -OCH3 is 1. The monoisotopic (exact) mass is 288 g/mol. The van der Waals surface area contributed by atoms with Gasteiger partial charge in [-0.05, 0) is 24.3 Å². The third kappa shape index (κ3) is 3.27. The predicted octanol–water partition coefficient (Wildman–Crippen LogP) is 1.68. The van der Waals surface area contributed by atoms with Crippen LogP contribution in [-0.2, 0) is 0 Å². The van der Waals surface area contributed by atoms with E-state index < -0.39 is 11.9 Å². The summed E-state index contributed by atoms with van der Waals surface area (Å²) >= 11 is 0. The Bertz CT molecular complexity index is 700. The van der Waals surface area contributed by atoms with Gasteiger partial charge in [0.2, 0.25) is 5.91 Å². The third-order valence-corrected chi connectivity index (χ3v) is 2.63. The lowest BCUT2D eigenvalue weighted by Gasteiger charge is -2.11. The van der Waals surface area contributed by atoms with Crippen LogP contribution in [0, 0.1) is 0 Å². The molecule has 2 aromatic rings. The highest BCUT2D eigenvalue weighted by Crippen LogP contribution is 2.32. The van der Waals surface area contributed by atoms with E-state index in [-0.39, 0.29) is 17.0 Å². The summed E-state index contributed by atoms with van der Waals surface area (Å²) < 4.78 is 10.7. The van der Waals surface area contributed by atoms with Crippen molar-refractivity contribution in [3.8, 4) is 17.2 Å². The number of hydrogen-bond donors (Lipinski definition) is 2. The number of carbonyl (C=O) groups excluding carboxylic acids is 1. The van der Waals surface area contributed by atoms with Gasteiger partial charge in [-0.25, -0.2) is 9.78 Å². The molecule has 7 heteroatoms. The van der Waals surface area contributed by atoms with Crippen LogP contribution in [-0.4, -0.2) is 29.1 Å². The summed E-state index contributed by atoms with van der Waals surface area (Å²) in [6.07, 6.45) is 1.32.